The topological polar surface area (TPSA) is 156 Å². The van der Waals surface area contributed by atoms with E-state index in [4.69, 9.17) is 15.5 Å². The minimum absolute atomic E-state index is 0.0533. The van der Waals surface area contributed by atoms with E-state index >= 15 is 0 Å². The summed E-state index contributed by atoms with van der Waals surface area (Å²) in [6, 6.07) is 0. The molecule has 1 amide bonds. The monoisotopic (exact) mass is 460 g/mol. The number of nitrogens with two attached hydrogens (primary N) is 1. The number of carbonyl (C=O) groups is 2. The second kappa shape index (κ2) is 12.2. The Hall–Kier alpha value is -1.78. The van der Waals surface area contributed by atoms with E-state index in [1.54, 1.807) is 13.8 Å². The highest BCUT2D eigenvalue weighted by Crippen LogP contribution is 2.38. The molecule has 30 heavy (non-hydrogen) atoms. The lowest BCUT2D eigenvalue weighted by molar-refractivity contribution is -0.117. The van der Waals surface area contributed by atoms with Gasteiger partial charge in [-0.2, -0.15) is 0 Å². The third-order valence-corrected chi connectivity index (χ3v) is 6.25. The second-order valence-corrected chi connectivity index (χ2v) is 8.92. The van der Waals surface area contributed by atoms with Crippen LogP contribution in [-0.2, 0) is 25.2 Å². The van der Waals surface area contributed by atoms with E-state index in [1.165, 1.54) is 11.1 Å². The zero-order valence-corrected chi connectivity index (χ0v) is 19.3. The van der Waals surface area contributed by atoms with Crippen LogP contribution in [-0.4, -0.2) is 42.8 Å². The summed E-state index contributed by atoms with van der Waals surface area (Å²) in [6.45, 7) is 6.96. The van der Waals surface area contributed by atoms with Gasteiger partial charge < -0.3 is 20.4 Å². The maximum absolute atomic E-state index is 12.6. The summed E-state index contributed by atoms with van der Waals surface area (Å²) in [5.74, 6) is 0.586. The molecule has 1 aromatic rings. The van der Waals surface area contributed by atoms with Gasteiger partial charge in [0.05, 0.1) is 13.2 Å². The Morgan fingerprint density at radius 3 is 2.53 bits per heavy atom. The zero-order valence-electron chi connectivity index (χ0n) is 17.6. The van der Waals surface area contributed by atoms with E-state index in [2.05, 4.69) is 14.5 Å². The van der Waals surface area contributed by atoms with Gasteiger partial charge in [0.1, 0.15) is 11.6 Å². The molecule has 1 rings (SSSR count). The Labute approximate surface area is 180 Å². The van der Waals surface area contributed by atoms with Crippen LogP contribution in [0.3, 0.4) is 0 Å². The van der Waals surface area contributed by atoms with Crippen molar-refractivity contribution in [2.24, 2.45) is 5.92 Å². The molecule has 1 aromatic heterocycles. The molecule has 0 radical (unpaired) electrons. The average molecular weight is 460 g/mol. The van der Waals surface area contributed by atoms with Crippen LogP contribution >= 0.6 is 19.6 Å². The van der Waals surface area contributed by atoms with E-state index in [-0.39, 0.29) is 36.4 Å². The second-order valence-electron chi connectivity index (χ2n) is 6.58. The summed E-state index contributed by atoms with van der Waals surface area (Å²) in [5.41, 5.74) is 6.91. The number of hydrogen-bond acceptors (Lipinski definition) is 8. The van der Waals surface area contributed by atoms with Gasteiger partial charge in [-0.05, 0) is 26.7 Å². The number of thioether (sulfide) groups is 1. The van der Waals surface area contributed by atoms with Gasteiger partial charge in [0.15, 0.2) is 5.12 Å². The Morgan fingerprint density at radius 2 is 2.03 bits per heavy atom. The van der Waals surface area contributed by atoms with Gasteiger partial charge in [-0.1, -0.05) is 25.6 Å². The van der Waals surface area contributed by atoms with E-state index in [0.29, 0.717) is 41.2 Å². The molecule has 0 aliphatic heterocycles. The maximum atomic E-state index is 12.6. The summed E-state index contributed by atoms with van der Waals surface area (Å²) in [6.07, 6.45) is 3.52. The van der Waals surface area contributed by atoms with Crippen molar-refractivity contribution < 1.29 is 28.5 Å². The third kappa shape index (κ3) is 8.53. The number of carbonyl (C=O) groups excluding carboxylic acids is 2. The van der Waals surface area contributed by atoms with Gasteiger partial charge in [-0.3, -0.25) is 14.1 Å². The highest BCUT2D eigenvalue weighted by molar-refractivity contribution is 8.17. The van der Waals surface area contributed by atoms with Gasteiger partial charge >= 0.3 is 7.82 Å². The van der Waals surface area contributed by atoms with Crippen LogP contribution < -0.4 is 5.73 Å². The molecule has 10 nitrogen and oxygen atoms in total. The maximum Gasteiger partial charge on any atom is 0.469 e. The number of phosphoric ester groups is 1. The molecule has 0 aromatic carbocycles. The fourth-order valence-electron chi connectivity index (χ4n) is 2.60. The van der Waals surface area contributed by atoms with Crippen LogP contribution in [0, 0.1) is 12.8 Å². The Bertz CT molecular complexity index is 825. The summed E-state index contributed by atoms with van der Waals surface area (Å²) in [7, 11) is -4.65. The zero-order chi connectivity index (χ0) is 22.9. The van der Waals surface area contributed by atoms with E-state index in [1.807, 2.05) is 13.8 Å². The van der Waals surface area contributed by atoms with Crippen molar-refractivity contribution in [1.82, 2.24) is 14.9 Å². The first-order valence-electron chi connectivity index (χ1n) is 9.43. The molecule has 0 fully saturated rings. The standard InChI is InChI=1S/C18H29N4O6PS/c1-5-14(6-2)18(24)30-16(7-8-28-29(25,26)27)12(3)22(11-23)10-15-9-20-13(4)21-17(15)19/h9,11,14H,5-8,10H2,1-4H3,(H2,19,20,21)(H2,25,26,27)/b16-12-. The largest absolute Gasteiger partial charge is 0.469 e. The van der Waals surface area contributed by atoms with Crippen LogP contribution in [0.2, 0.25) is 0 Å². The van der Waals surface area contributed by atoms with E-state index < -0.39 is 7.82 Å². The lowest BCUT2D eigenvalue weighted by Gasteiger charge is -2.23. The Kier molecular flexibility index (Phi) is 10.6. The molecule has 0 aliphatic carbocycles. The fraction of sp³-hybridized carbons (Fsp3) is 0.556. The van der Waals surface area contributed by atoms with Crippen molar-refractivity contribution in [1.29, 1.82) is 0 Å². The van der Waals surface area contributed by atoms with Crippen molar-refractivity contribution in [3.63, 3.8) is 0 Å². The molecule has 1 heterocycles. The highest BCUT2D eigenvalue weighted by atomic mass is 32.2. The van der Waals surface area contributed by atoms with Crippen LogP contribution in [0.5, 0.6) is 0 Å². The first-order chi connectivity index (χ1) is 14.0. The van der Waals surface area contributed by atoms with Crippen molar-refractivity contribution in [2.45, 2.75) is 53.5 Å². The number of nitrogens with zero attached hydrogens (tertiary/aromatic N) is 3. The van der Waals surface area contributed by atoms with Gasteiger partial charge in [-0.25, -0.2) is 14.5 Å². The molecule has 0 saturated heterocycles. The normalized spacial score (nSPS) is 12.6. The number of amides is 1. The average Bonchev–Trinajstić information content (AvgIpc) is 2.66. The Balaban J connectivity index is 3.16. The summed E-state index contributed by atoms with van der Waals surface area (Å²) < 4.78 is 15.5. The molecule has 0 spiro atoms. The van der Waals surface area contributed by atoms with Crippen molar-refractivity contribution in [2.75, 3.05) is 12.3 Å². The van der Waals surface area contributed by atoms with Crippen LogP contribution in [0.15, 0.2) is 16.8 Å². The van der Waals surface area contributed by atoms with Gasteiger partial charge in [0.25, 0.3) is 0 Å². The van der Waals surface area contributed by atoms with Crippen molar-refractivity contribution in [3.8, 4) is 0 Å². The number of anilines is 1. The number of aryl methyl sites for hydroxylation is 1. The predicted octanol–water partition coefficient (Wildman–Crippen LogP) is 2.75. The minimum atomic E-state index is -4.65. The number of rotatable bonds is 12. The number of nitrogen functional groups attached to an aromatic ring is 1. The molecular formula is C18H29N4O6PS. The molecular weight excluding hydrogens is 431 g/mol. The van der Waals surface area contributed by atoms with Crippen molar-refractivity contribution >= 4 is 36.9 Å². The molecule has 0 bridgehead atoms. The molecule has 0 aliphatic rings. The van der Waals surface area contributed by atoms with Gasteiger partial charge in [0, 0.05) is 34.7 Å². The Morgan fingerprint density at radius 1 is 1.40 bits per heavy atom. The summed E-state index contributed by atoms with van der Waals surface area (Å²) >= 11 is 0.966. The first-order valence-corrected chi connectivity index (χ1v) is 11.8. The van der Waals surface area contributed by atoms with Crippen LogP contribution in [0.4, 0.5) is 5.82 Å². The number of phosphoric acid groups is 1. The van der Waals surface area contributed by atoms with Crippen molar-refractivity contribution in [3.05, 3.63) is 28.2 Å². The quantitative estimate of drug-likeness (QED) is 0.313. The van der Waals surface area contributed by atoms with E-state index in [0.717, 1.165) is 11.8 Å². The van der Waals surface area contributed by atoms with Crippen LogP contribution in [0.25, 0.3) is 0 Å². The number of allylic oxidation sites excluding steroid dienone is 1. The number of aromatic nitrogens is 2. The molecule has 168 valence electrons. The summed E-state index contributed by atoms with van der Waals surface area (Å²) in [5, 5.41) is -0.0745. The van der Waals surface area contributed by atoms with Gasteiger partial charge in [-0.15, -0.1) is 0 Å². The molecule has 0 atom stereocenters. The predicted molar refractivity (Wildman–Crippen MR) is 115 cm³/mol. The third-order valence-electron chi connectivity index (χ3n) is 4.45. The SMILES string of the molecule is CCC(CC)C(=O)S/C(CCOP(=O)(O)O)=C(/C)N(C=O)Cc1cnc(C)nc1N. The summed E-state index contributed by atoms with van der Waals surface area (Å²) in [4.78, 5) is 52.2. The minimum Gasteiger partial charge on any atom is -0.383 e. The number of hydrogen-bond donors (Lipinski definition) is 3. The van der Waals surface area contributed by atoms with Gasteiger partial charge in [0.2, 0.25) is 6.41 Å². The lowest BCUT2D eigenvalue weighted by Crippen LogP contribution is -2.22. The van der Waals surface area contributed by atoms with Crippen LogP contribution in [0.1, 0.15) is 51.4 Å². The van der Waals surface area contributed by atoms with E-state index in [9.17, 15) is 14.2 Å². The molecule has 12 heteroatoms. The first kappa shape index (κ1) is 26.3. The fourth-order valence-corrected chi connectivity index (χ4v) is 4.13. The molecule has 4 N–H and O–H groups in total. The lowest BCUT2D eigenvalue weighted by atomic mass is 10.1. The highest BCUT2D eigenvalue weighted by Gasteiger charge is 2.22. The smallest absolute Gasteiger partial charge is 0.383 e. The molecule has 0 unspecified atom stereocenters. The molecule has 0 saturated carbocycles.